The molecule has 6 heteroatoms. The van der Waals surface area contributed by atoms with Crippen LogP contribution in [-0.2, 0) is 11.2 Å². The van der Waals surface area contributed by atoms with Crippen LogP contribution in [0.1, 0.15) is 35.6 Å². The van der Waals surface area contributed by atoms with Crippen molar-refractivity contribution in [2.45, 2.75) is 25.3 Å². The second-order valence-corrected chi connectivity index (χ2v) is 8.07. The molecule has 2 aromatic carbocycles. The molecule has 2 heterocycles. The van der Waals surface area contributed by atoms with Gasteiger partial charge in [-0.05, 0) is 74.1 Å². The SMILES string of the molecule is CN1CCC(COC(=O)N2CCc3ccccc3[C@@H]2c2cc(F)cc(F)c2)CC1. The average Bonchev–Trinajstić information content (AvgIpc) is 2.71. The lowest BCUT2D eigenvalue weighted by Crippen LogP contribution is -2.42. The molecule has 4 rings (SSSR count). The van der Waals surface area contributed by atoms with Gasteiger partial charge in [0.1, 0.15) is 11.6 Å². The molecule has 29 heavy (non-hydrogen) atoms. The Morgan fingerprint density at radius 2 is 1.76 bits per heavy atom. The smallest absolute Gasteiger partial charge is 0.410 e. The molecule has 0 aromatic heterocycles. The van der Waals surface area contributed by atoms with E-state index in [0.717, 1.165) is 43.1 Å². The number of amides is 1. The van der Waals surface area contributed by atoms with Crippen molar-refractivity contribution in [3.8, 4) is 0 Å². The van der Waals surface area contributed by atoms with Crippen molar-refractivity contribution in [3.63, 3.8) is 0 Å². The number of piperidine rings is 1. The zero-order valence-corrected chi connectivity index (χ0v) is 16.6. The minimum absolute atomic E-state index is 0.359. The second kappa shape index (κ2) is 8.49. The van der Waals surface area contributed by atoms with Crippen molar-refractivity contribution >= 4 is 6.09 Å². The van der Waals surface area contributed by atoms with E-state index in [0.29, 0.717) is 31.1 Å². The largest absolute Gasteiger partial charge is 0.449 e. The highest BCUT2D eigenvalue weighted by molar-refractivity contribution is 5.70. The molecular weight excluding hydrogens is 374 g/mol. The molecule has 0 N–H and O–H groups in total. The van der Waals surface area contributed by atoms with Crippen LogP contribution in [0.25, 0.3) is 0 Å². The number of rotatable bonds is 3. The zero-order valence-electron chi connectivity index (χ0n) is 16.6. The molecule has 0 bridgehead atoms. The molecule has 0 saturated carbocycles. The van der Waals surface area contributed by atoms with Crippen molar-refractivity contribution in [1.82, 2.24) is 9.80 Å². The van der Waals surface area contributed by atoms with Gasteiger partial charge in [0, 0.05) is 12.6 Å². The molecule has 0 spiro atoms. The number of benzene rings is 2. The van der Waals surface area contributed by atoms with Gasteiger partial charge >= 0.3 is 6.09 Å². The van der Waals surface area contributed by atoms with Crippen LogP contribution >= 0.6 is 0 Å². The highest BCUT2D eigenvalue weighted by atomic mass is 19.1. The van der Waals surface area contributed by atoms with Gasteiger partial charge in [-0.2, -0.15) is 0 Å². The van der Waals surface area contributed by atoms with Crippen molar-refractivity contribution in [2.24, 2.45) is 5.92 Å². The Bertz CT molecular complexity index is 861. The van der Waals surface area contributed by atoms with Gasteiger partial charge in [-0.1, -0.05) is 24.3 Å². The topological polar surface area (TPSA) is 32.8 Å². The van der Waals surface area contributed by atoms with E-state index in [1.54, 1.807) is 4.90 Å². The molecule has 4 nitrogen and oxygen atoms in total. The Hall–Kier alpha value is -2.47. The van der Waals surface area contributed by atoms with E-state index in [1.807, 2.05) is 24.3 Å². The summed E-state index contributed by atoms with van der Waals surface area (Å²) in [7, 11) is 2.09. The van der Waals surface area contributed by atoms with Gasteiger partial charge in [-0.15, -0.1) is 0 Å². The van der Waals surface area contributed by atoms with Gasteiger partial charge in [-0.3, -0.25) is 4.90 Å². The Balaban J connectivity index is 1.57. The lowest BCUT2D eigenvalue weighted by atomic mass is 9.88. The van der Waals surface area contributed by atoms with Crippen molar-refractivity contribution in [1.29, 1.82) is 0 Å². The second-order valence-electron chi connectivity index (χ2n) is 8.07. The quantitative estimate of drug-likeness (QED) is 0.766. The molecule has 0 unspecified atom stereocenters. The van der Waals surface area contributed by atoms with Crippen LogP contribution in [0.4, 0.5) is 13.6 Å². The molecule has 2 aliphatic heterocycles. The van der Waals surface area contributed by atoms with Crippen molar-refractivity contribution in [3.05, 3.63) is 70.8 Å². The maximum atomic E-state index is 13.9. The van der Waals surface area contributed by atoms with Gasteiger partial charge in [0.15, 0.2) is 0 Å². The monoisotopic (exact) mass is 400 g/mol. The molecule has 154 valence electrons. The lowest BCUT2D eigenvalue weighted by Gasteiger charge is -2.37. The third-order valence-corrected chi connectivity index (χ3v) is 6.00. The van der Waals surface area contributed by atoms with Crippen molar-refractivity contribution < 1.29 is 18.3 Å². The Kier molecular flexibility index (Phi) is 5.81. The number of carbonyl (C=O) groups excluding carboxylic acids is 1. The number of hydrogen-bond donors (Lipinski definition) is 0. The zero-order chi connectivity index (χ0) is 20.4. The summed E-state index contributed by atoms with van der Waals surface area (Å²) in [6.45, 7) is 2.84. The van der Waals surface area contributed by atoms with E-state index in [9.17, 15) is 13.6 Å². The van der Waals surface area contributed by atoms with Crippen LogP contribution in [0.15, 0.2) is 42.5 Å². The maximum Gasteiger partial charge on any atom is 0.410 e. The fourth-order valence-corrected chi connectivity index (χ4v) is 4.36. The van der Waals surface area contributed by atoms with Crippen molar-refractivity contribution in [2.75, 3.05) is 33.3 Å². The van der Waals surface area contributed by atoms with Crippen LogP contribution in [0, 0.1) is 17.6 Å². The highest BCUT2D eigenvalue weighted by Gasteiger charge is 2.34. The fraction of sp³-hybridized carbons (Fsp3) is 0.435. The first-order chi connectivity index (χ1) is 14.0. The Morgan fingerprint density at radius 1 is 1.07 bits per heavy atom. The molecule has 1 atom stereocenters. The average molecular weight is 400 g/mol. The molecule has 0 aliphatic carbocycles. The number of carbonyl (C=O) groups is 1. The summed E-state index contributed by atoms with van der Waals surface area (Å²) in [6, 6.07) is 10.6. The molecule has 1 fully saturated rings. The van der Waals surface area contributed by atoms with Gasteiger partial charge < -0.3 is 9.64 Å². The Labute approximate surface area is 170 Å². The first-order valence-corrected chi connectivity index (χ1v) is 10.2. The van der Waals surface area contributed by atoms with Gasteiger partial charge in [0.05, 0.1) is 12.6 Å². The third-order valence-electron chi connectivity index (χ3n) is 6.00. The minimum atomic E-state index is -0.650. The molecule has 1 amide bonds. The van der Waals surface area contributed by atoms with Crippen LogP contribution in [0.5, 0.6) is 0 Å². The minimum Gasteiger partial charge on any atom is -0.449 e. The van der Waals surface area contributed by atoms with E-state index in [4.69, 9.17) is 4.74 Å². The van der Waals surface area contributed by atoms with Gasteiger partial charge in [0.25, 0.3) is 0 Å². The summed E-state index contributed by atoms with van der Waals surface area (Å²) in [5.41, 5.74) is 2.40. The number of nitrogens with zero attached hydrogens (tertiary/aromatic N) is 2. The highest BCUT2D eigenvalue weighted by Crippen LogP contribution is 2.36. The summed E-state index contributed by atoms with van der Waals surface area (Å²) in [4.78, 5) is 16.8. The summed E-state index contributed by atoms with van der Waals surface area (Å²) < 4.78 is 33.5. The molecule has 2 aromatic rings. The van der Waals surface area contributed by atoms with E-state index < -0.39 is 23.8 Å². The number of fused-ring (bicyclic) bond motifs is 1. The maximum absolute atomic E-state index is 13.9. The van der Waals surface area contributed by atoms with E-state index in [1.165, 1.54) is 12.1 Å². The first kappa shape index (κ1) is 19.8. The first-order valence-electron chi connectivity index (χ1n) is 10.2. The fourth-order valence-electron chi connectivity index (χ4n) is 4.36. The third kappa shape index (κ3) is 4.42. The van der Waals surface area contributed by atoms with Gasteiger partial charge in [-0.25, -0.2) is 13.6 Å². The molecule has 2 aliphatic rings. The summed E-state index contributed by atoms with van der Waals surface area (Å²) in [5, 5.41) is 0. The molecular formula is C23H26F2N2O2. The van der Waals surface area contributed by atoms with Crippen LogP contribution in [0.3, 0.4) is 0 Å². The molecule has 0 radical (unpaired) electrons. The van der Waals surface area contributed by atoms with Crippen LogP contribution in [0.2, 0.25) is 0 Å². The van der Waals surface area contributed by atoms with E-state index in [2.05, 4.69) is 11.9 Å². The van der Waals surface area contributed by atoms with E-state index in [-0.39, 0.29) is 0 Å². The van der Waals surface area contributed by atoms with Gasteiger partial charge in [0.2, 0.25) is 0 Å². The summed E-state index contributed by atoms with van der Waals surface area (Å²) in [5.74, 6) is -0.942. The summed E-state index contributed by atoms with van der Waals surface area (Å²) in [6.07, 6.45) is 2.28. The normalized spacial score (nSPS) is 20.4. The number of hydrogen-bond acceptors (Lipinski definition) is 3. The molecule has 1 saturated heterocycles. The lowest BCUT2D eigenvalue weighted by molar-refractivity contribution is 0.0637. The van der Waals surface area contributed by atoms with Crippen LogP contribution < -0.4 is 0 Å². The van der Waals surface area contributed by atoms with Crippen LogP contribution in [-0.4, -0.2) is 49.2 Å². The number of halogens is 2. The predicted molar refractivity (Wildman–Crippen MR) is 107 cm³/mol. The summed E-state index contributed by atoms with van der Waals surface area (Å²) >= 11 is 0. The van der Waals surface area contributed by atoms with E-state index >= 15 is 0 Å². The number of likely N-dealkylation sites (tertiary alicyclic amines) is 1. The predicted octanol–water partition coefficient (Wildman–Crippen LogP) is 4.39. The number of ether oxygens (including phenoxy) is 1. The standard InChI is InChI=1S/C23H26F2N2O2/c1-26-9-6-16(7-10-26)15-29-23(28)27-11-8-17-4-2-3-5-21(17)22(27)18-12-19(24)14-20(25)13-18/h2-5,12-14,16,22H,6-11,15H2,1H3/t22-/m0/s1. The Morgan fingerprint density at radius 3 is 2.48 bits per heavy atom.